The minimum atomic E-state index is -3.56. The molecule has 7 nitrogen and oxygen atoms in total. The van der Waals surface area contributed by atoms with Crippen LogP contribution in [0.3, 0.4) is 0 Å². The molecule has 2 aromatic carbocycles. The number of benzene rings is 2. The predicted octanol–water partition coefficient (Wildman–Crippen LogP) is 3.23. The lowest BCUT2D eigenvalue weighted by atomic mass is 10.1. The lowest BCUT2D eigenvalue weighted by Crippen LogP contribution is -2.36. The summed E-state index contributed by atoms with van der Waals surface area (Å²) in [5.74, 6) is -0.232. The molecular formula is C21H24N4O3S. The summed E-state index contributed by atoms with van der Waals surface area (Å²) in [6, 6.07) is 12.6. The van der Waals surface area contributed by atoms with Crippen LogP contribution in [0.2, 0.25) is 0 Å². The summed E-state index contributed by atoms with van der Waals surface area (Å²) in [5, 5.41) is 10.8. The molecule has 1 fully saturated rings. The van der Waals surface area contributed by atoms with Crippen molar-refractivity contribution in [1.82, 2.24) is 14.5 Å². The maximum absolute atomic E-state index is 13.0. The monoisotopic (exact) mass is 412 g/mol. The zero-order valence-electron chi connectivity index (χ0n) is 16.3. The van der Waals surface area contributed by atoms with Crippen LogP contribution >= 0.6 is 0 Å². The zero-order chi connectivity index (χ0) is 20.4. The Kier molecular flexibility index (Phi) is 5.38. The smallest absolute Gasteiger partial charge is 0.243 e. The van der Waals surface area contributed by atoms with Gasteiger partial charge in [-0.25, -0.2) is 8.42 Å². The molecule has 2 heterocycles. The van der Waals surface area contributed by atoms with Gasteiger partial charge in [-0.1, -0.05) is 30.7 Å². The molecule has 1 saturated heterocycles. The van der Waals surface area contributed by atoms with E-state index in [2.05, 4.69) is 15.5 Å². The molecule has 8 heteroatoms. The fourth-order valence-corrected chi connectivity index (χ4v) is 5.48. The van der Waals surface area contributed by atoms with Crippen LogP contribution in [0.4, 0.5) is 5.69 Å². The maximum atomic E-state index is 13.0. The summed E-state index contributed by atoms with van der Waals surface area (Å²) < 4.78 is 27.6. The number of hydrogen-bond acceptors (Lipinski definition) is 4. The number of hydrogen-bond donors (Lipinski definition) is 2. The molecule has 0 spiro atoms. The molecule has 1 aliphatic rings. The summed E-state index contributed by atoms with van der Waals surface area (Å²) in [6.07, 6.45) is 2.95. The second-order valence-corrected chi connectivity index (χ2v) is 9.30. The Balaban J connectivity index is 1.53. The number of anilines is 1. The number of carbonyl (C=O) groups excluding carboxylic acids is 1. The fourth-order valence-electron chi connectivity index (χ4n) is 3.71. The van der Waals surface area contributed by atoms with Gasteiger partial charge in [0.25, 0.3) is 0 Å². The number of H-pyrrole nitrogens is 1. The molecular weight excluding hydrogens is 388 g/mol. The number of aryl methyl sites for hydroxylation is 1. The van der Waals surface area contributed by atoms with Gasteiger partial charge in [-0.15, -0.1) is 0 Å². The van der Waals surface area contributed by atoms with E-state index in [1.54, 1.807) is 29.4 Å². The number of aromatic nitrogens is 2. The van der Waals surface area contributed by atoms with Crippen LogP contribution in [0.5, 0.6) is 0 Å². The standard InChI is InChI=1S/C21H24N4O3S/c1-15-9-10-16(13-20(15)29(27,28)25-11-5-2-6-12-25)22-21(26)14-19-17-7-3-4-8-18(17)23-24-19/h3-4,7-10,13H,2,5-6,11-12,14H2,1H3,(H,22,26)(H,23,24). The highest BCUT2D eigenvalue weighted by molar-refractivity contribution is 7.89. The van der Waals surface area contributed by atoms with Gasteiger partial charge in [0.2, 0.25) is 15.9 Å². The molecule has 0 atom stereocenters. The van der Waals surface area contributed by atoms with Crippen LogP contribution < -0.4 is 5.32 Å². The highest BCUT2D eigenvalue weighted by atomic mass is 32.2. The number of para-hydroxylation sites is 1. The Bertz CT molecular complexity index is 1150. The van der Waals surface area contributed by atoms with E-state index >= 15 is 0 Å². The van der Waals surface area contributed by atoms with Gasteiger partial charge in [0, 0.05) is 24.2 Å². The summed E-state index contributed by atoms with van der Waals surface area (Å²) in [5.41, 5.74) is 2.68. The van der Waals surface area contributed by atoms with Crippen LogP contribution in [-0.4, -0.2) is 41.9 Å². The van der Waals surface area contributed by atoms with Crippen LogP contribution in [0.15, 0.2) is 47.4 Å². The van der Waals surface area contributed by atoms with Crippen LogP contribution in [0.1, 0.15) is 30.5 Å². The Hall–Kier alpha value is -2.71. The highest BCUT2D eigenvalue weighted by Gasteiger charge is 2.27. The van der Waals surface area contributed by atoms with Crippen molar-refractivity contribution in [2.24, 2.45) is 0 Å². The zero-order valence-corrected chi connectivity index (χ0v) is 17.1. The molecule has 1 aliphatic heterocycles. The van der Waals surface area contributed by atoms with E-state index in [9.17, 15) is 13.2 Å². The molecule has 3 aromatic rings. The van der Waals surface area contributed by atoms with Gasteiger partial charge in [-0.05, 0) is 43.5 Å². The molecule has 0 saturated carbocycles. The van der Waals surface area contributed by atoms with Crippen LogP contribution in [0.25, 0.3) is 10.9 Å². The lowest BCUT2D eigenvalue weighted by Gasteiger charge is -2.26. The third-order valence-corrected chi connectivity index (χ3v) is 7.32. The van der Waals surface area contributed by atoms with Crippen molar-refractivity contribution in [2.45, 2.75) is 37.5 Å². The molecule has 0 aliphatic carbocycles. The van der Waals surface area contributed by atoms with Crippen molar-refractivity contribution in [2.75, 3.05) is 18.4 Å². The van der Waals surface area contributed by atoms with E-state index in [1.807, 2.05) is 24.3 Å². The molecule has 0 bridgehead atoms. The number of fused-ring (bicyclic) bond motifs is 1. The van der Waals surface area contributed by atoms with Crippen LogP contribution in [0, 0.1) is 6.92 Å². The SMILES string of the molecule is Cc1ccc(NC(=O)Cc2[nH]nc3ccccc23)cc1S(=O)(=O)N1CCCCC1. The van der Waals surface area contributed by atoms with E-state index in [0.29, 0.717) is 24.3 Å². The summed E-state index contributed by atoms with van der Waals surface area (Å²) >= 11 is 0. The van der Waals surface area contributed by atoms with Gasteiger partial charge in [0.1, 0.15) is 0 Å². The Morgan fingerprint density at radius 3 is 2.69 bits per heavy atom. The molecule has 152 valence electrons. The van der Waals surface area contributed by atoms with Gasteiger partial charge in [0.15, 0.2) is 0 Å². The fraction of sp³-hybridized carbons (Fsp3) is 0.333. The van der Waals surface area contributed by atoms with E-state index in [-0.39, 0.29) is 17.2 Å². The second-order valence-electron chi connectivity index (χ2n) is 7.39. The first-order chi connectivity index (χ1) is 13.9. The van der Waals surface area contributed by atoms with Crippen molar-refractivity contribution in [3.8, 4) is 0 Å². The largest absolute Gasteiger partial charge is 0.326 e. The topological polar surface area (TPSA) is 95.2 Å². The van der Waals surface area contributed by atoms with E-state index < -0.39 is 10.0 Å². The van der Waals surface area contributed by atoms with Gasteiger partial charge in [0.05, 0.1) is 22.5 Å². The van der Waals surface area contributed by atoms with Gasteiger partial charge < -0.3 is 5.32 Å². The van der Waals surface area contributed by atoms with Crippen molar-refractivity contribution >= 4 is 32.5 Å². The quantitative estimate of drug-likeness (QED) is 0.673. The van der Waals surface area contributed by atoms with Gasteiger partial charge >= 0.3 is 0 Å². The normalized spacial score (nSPS) is 15.5. The number of amides is 1. The van der Waals surface area contributed by atoms with Crippen molar-refractivity contribution in [1.29, 1.82) is 0 Å². The number of carbonyl (C=O) groups is 1. The minimum Gasteiger partial charge on any atom is -0.326 e. The Labute approximate surface area is 170 Å². The van der Waals surface area contributed by atoms with E-state index in [4.69, 9.17) is 0 Å². The van der Waals surface area contributed by atoms with Gasteiger partial charge in [-0.2, -0.15) is 9.40 Å². The average Bonchev–Trinajstić information content (AvgIpc) is 3.13. The lowest BCUT2D eigenvalue weighted by molar-refractivity contribution is -0.115. The van der Waals surface area contributed by atoms with Crippen molar-refractivity contribution in [3.63, 3.8) is 0 Å². The maximum Gasteiger partial charge on any atom is 0.243 e. The van der Waals surface area contributed by atoms with Crippen molar-refractivity contribution in [3.05, 3.63) is 53.7 Å². The Morgan fingerprint density at radius 2 is 1.90 bits per heavy atom. The molecule has 0 unspecified atom stereocenters. The third-order valence-electron chi connectivity index (χ3n) is 5.28. The number of rotatable bonds is 5. The van der Waals surface area contributed by atoms with Crippen LogP contribution in [-0.2, 0) is 21.2 Å². The van der Waals surface area contributed by atoms with Gasteiger partial charge in [-0.3, -0.25) is 9.89 Å². The van der Waals surface area contributed by atoms with E-state index in [1.165, 1.54) is 0 Å². The van der Waals surface area contributed by atoms with E-state index in [0.717, 1.165) is 35.9 Å². The first-order valence-electron chi connectivity index (χ1n) is 9.78. The minimum absolute atomic E-state index is 0.128. The Morgan fingerprint density at radius 1 is 1.14 bits per heavy atom. The first kappa shape index (κ1) is 19.6. The molecule has 1 amide bonds. The summed E-state index contributed by atoms with van der Waals surface area (Å²) in [4.78, 5) is 12.8. The highest BCUT2D eigenvalue weighted by Crippen LogP contribution is 2.26. The summed E-state index contributed by atoms with van der Waals surface area (Å²) in [6.45, 7) is 2.87. The number of piperidine rings is 1. The number of sulfonamides is 1. The molecule has 0 radical (unpaired) electrons. The second kappa shape index (κ2) is 7.96. The molecule has 4 rings (SSSR count). The number of nitrogens with zero attached hydrogens (tertiary/aromatic N) is 2. The van der Waals surface area contributed by atoms with Crippen molar-refractivity contribution < 1.29 is 13.2 Å². The average molecular weight is 413 g/mol. The molecule has 2 N–H and O–H groups in total. The summed E-state index contributed by atoms with van der Waals surface area (Å²) in [7, 11) is -3.56. The number of nitrogens with one attached hydrogen (secondary N) is 2. The number of aromatic amines is 1. The predicted molar refractivity (Wildman–Crippen MR) is 112 cm³/mol. The third kappa shape index (κ3) is 4.04. The molecule has 29 heavy (non-hydrogen) atoms. The molecule has 1 aromatic heterocycles. The first-order valence-corrected chi connectivity index (χ1v) is 11.2.